The van der Waals surface area contributed by atoms with Gasteiger partial charge in [-0.1, -0.05) is 41.9 Å². The third-order valence-corrected chi connectivity index (χ3v) is 4.67. The van der Waals surface area contributed by atoms with Crippen LogP contribution in [0.15, 0.2) is 95.8 Å². The van der Waals surface area contributed by atoms with E-state index < -0.39 is 0 Å². The first kappa shape index (κ1) is 20.4. The number of halogens is 1. The summed E-state index contributed by atoms with van der Waals surface area (Å²) in [6, 6.07) is 26.5. The highest BCUT2D eigenvalue weighted by Gasteiger charge is 2.09. The number of rotatable bonds is 6. The normalized spacial score (nSPS) is 10.5. The van der Waals surface area contributed by atoms with Crippen molar-refractivity contribution in [2.75, 3.05) is 5.32 Å². The lowest BCUT2D eigenvalue weighted by molar-refractivity contribution is -0.117. The number of ether oxygens (including phenoxy) is 1. The van der Waals surface area contributed by atoms with Gasteiger partial charge in [0.15, 0.2) is 0 Å². The van der Waals surface area contributed by atoms with Crippen LogP contribution in [-0.2, 0) is 11.3 Å². The number of anilines is 1. The molecule has 0 bridgehead atoms. The van der Waals surface area contributed by atoms with Gasteiger partial charge < -0.3 is 10.1 Å². The summed E-state index contributed by atoms with van der Waals surface area (Å²) in [7, 11) is 0. The fourth-order valence-corrected chi connectivity index (χ4v) is 3.03. The summed E-state index contributed by atoms with van der Waals surface area (Å²) in [4.78, 5) is 24.6. The molecule has 4 aromatic rings. The molecule has 0 saturated carbocycles. The molecule has 1 N–H and O–H groups in total. The molecule has 0 radical (unpaired) electrons. The zero-order valence-corrected chi connectivity index (χ0v) is 17.1. The minimum Gasteiger partial charge on any atom is -0.457 e. The fraction of sp³-hybridized carbons (Fsp3) is 0.0417. The second kappa shape index (κ2) is 9.28. The van der Waals surface area contributed by atoms with E-state index in [-0.39, 0.29) is 18.0 Å². The molecule has 6 nitrogen and oxygen atoms in total. The van der Waals surface area contributed by atoms with Gasteiger partial charge in [-0.25, -0.2) is 4.68 Å². The standard InChI is InChI=1S/C24H18ClN3O3/c25-18-8-6-17(7-9-18)22-14-15-24(30)28(27-22)16-23(29)26-19-10-12-21(13-11-19)31-20-4-2-1-3-5-20/h1-15H,16H2,(H,26,29). The minimum atomic E-state index is -0.362. The predicted octanol–water partition coefficient (Wildman–Crippen LogP) is 4.99. The summed E-state index contributed by atoms with van der Waals surface area (Å²) in [5, 5.41) is 7.67. The molecule has 3 aromatic carbocycles. The van der Waals surface area contributed by atoms with Crippen molar-refractivity contribution in [3.05, 3.63) is 106 Å². The Morgan fingerprint density at radius 1 is 0.871 bits per heavy atom. The predicted molar refractivity (Wildman–Crippen MR) is 121 cm³/mol. The van der Waals surface area contributed by atoms with Gasteiger partial charge >= 0.3 is 0 Å². The topological polar surface area (TPSA) is 73.2 Å². The zero-order valence-electron chi connectivity index (χ0n) is 16.4. The van der Waals surface area contributed by atoms with Crippen LogP contribution < -0.4 is 15.6 Å². The molecule has 0 unspecified atom stereocenters. The van der Waals surface area contributed by atoms with Crippen LogP contribution in [0.25, 0.3) is 11.3 Å². The van der Waals surface area contributed by atoms with Crippen molar-refractivity contribution < 1.29 is 9.53 Å². The minimum absolute atomic E-state index is 0.206. The Morgan fingerprint density at radius 2 is 1.55 bits per heavy atom. The Labute approximate surface area is 183 Å². The molecule has 7 heteroatoms. The first-order chi connectivity index (χ1) is 15.1. The lowest BCUT2D eigenvalue weighted by atomic mass is 10.1. The Balaban J connectivity index is 1.42. The summed E-state index contributed by atoms with van der Waals surface area (Å²) in [5.41, 5.74) is 1.60. The molecule has 1 aromatic heterocycles. The lowest BCUT2D eigenvalue weighted by Crippen LogP contribution is -2.29. The molecule has 1 amide bonds. The van der Waals surface area contributed by atoms with E-state index in [2.05, 4.69) is 10.4 Å². The number of carbonyl (C=O) groups excluding carboxylic acids is 1. The summed E-state index contributed by atoms with van der Waals surface area (Å²) in [6.07, 6.45) is 0. The number of para-hydroxylation sites is 1. The first-order valence-corrected chi connectivity index (χ1v) is 9.91. The van der Waals surface area contributed by atoms with E-state index in [4.69, 9.17) is 16.3 Å². The maximum absolute atomic E-state index is 12.4. The van der Waals surface area contributed by atoms with Gasteiger partial charge in [-0.05, 0) is 54.6 Å². The van der Waals surface area contributed by atoms with Crippen LogP contribution in [0.4, 0.5) is 5.69 Å². The quantitative estimate of drug-likeness (QED) is 0.466. The molecular formula is C24H18ClN3O3. The van der Waals surface area contributed by atoms with Crippen LogP contribution in [0, 0.1) is 0 Å². The van der Waals surface area contributed by atoms with Crippen LogP contribution in [0.5, 0.6) is 11.5 Å². The van der Waals surface area contributed by atoms with Gasteiger partial charge in [-0.2, -0.15) is 5.10 Å². The summed E-state index contributed by atoms with van der Waals surface area (Å²) in [5.74, 6) is 1.02. The van der Waals surface area contributed by atoms with Crippen molar-refractivity contribution in [1.82, 2.24) is 9.78 Å². The SMILES string of the molecule is O=C(Cn1nc(-c2ccc(Cl)cc2)ccc1=O)Nc1ccc(Oc2ccccc2)cc1. The maximum Gasteiger partial charge on any atom is 0.267 e. The molecule has 1 heterocycles. The smallest absolute Gasteiger partial charge is 0.267 e. The second-order valence-electron chi connectivity index (χ2n) is 6.71. The third-order valence-electron chi connectivity index (χ3n) is 4.42. The monoisotopic (exact) mass is 431 g/mol. The van der Waals surface area contributed by atoms with E-state index in [0.29, 0.717) is 22.2 Å². The molecule has 4 rings (SSSR count). The van der Waals surface area contributed by atoms with Gasteiger partial charge in [0, 0.05) is 22.3 Å². The second-order valence-corrected chi connectivity index (χ2v) is 7.15. The van der Waals surface area contributed by atoms with Gasteiger partial charge in [-0.15, -0.1) is 0 Å². The molecule has 0 aliphatic heterocycles. The average Bonchev–Trinajstić information content (AvgIpc) is 2.78. The third kappa shape index (κ3) is 5.38. The van der Waals surface area contributed by atoms with Crippen molar-refractivity contribution in [3.8, 4) is 22.8 Å². The van der Waals surface area contributed by atoms with E-state index in [0.717, 1.165) is 16.0 Å². The molecule has 0 spiro atoms. The van der Waals surface area contributed by atoms with E-state index in [1.807, 2.05) is 30.3 Å². The van der Waals surface area contributed by atoms with Gasteiger partial charge in [0.25, 0.3) is 5.56 Å². The molecule has 0 saturated heterocycles. The summed E-state index contributed by atoms with van der Waals surface area (Å²) in [6.45, 7) is -0.206. The molecule has 154 valence electrons. The number of benzene rings is 3. The zero-order chi connectivity index (χ0) is 21.6. The molecule has 0 fully saturated rings. The maximum atomic E-state index is 12.4. The highest BCUT2D eigenvalue weighted by Crippen LogP contribution is 2.22. The van der Waals surface area contributed by atoms with Gasteiger partial charge in [-0.3, -0.25) is 9.59 Å². The number of hydrogen-bond donors (Lipinski definition) is 1. The van der Waals surface area contributed by atoms with E-state index in [1.165, 1.54) is 6.07 Å². The van der Waals surface area contributed by atoms with Crippen molar-refractivity contribution in [2.45, 2.75) is 6.54 Å². The van der Waals surface area contributed by atoms with Crippen molar-refractivity contribution in [2.24, 2.45) is 0 Å². The Kier molecular flexibility index (Phi) is 6.10. The molecule has 0 aliphatic carbocycles. The van der Waals surface area contributed by atoms with Crippen molar-refractivity contribution in [1.29, 1.82) is 0 Å². The van der Waals surface area contributed by atoms with Crippen LogP contribution in [0.3, 0.4) is 0 Å². The van der Waals surface area contributed by atoms with E-state index >= 15 is 0 Å². The number of hydrogen-bond acceptors (Lipinski definition) is 4. The van der Waals surface area contributed by atoms with Gasteiger partial charge in [0.05, 0.1) is 5.69 Å². The van der Waals surface area contributed by atoms with E-state index in [1.54, 1.807) is 54.6 Å². The highest BCUT2D eigenvalue weighted by molar-refractivity contribution is 6.30. The average molecular weight is 432 g/mol. The first-order valence-electron chi connectivity index (χ1n) is 9.54. The van der Waals surface area contributed by atoms with Crippen LogP contribution in [0.1, 0.15) is 0 Å². The van der Waals surface area contributed by atoms with Crippen molar-refractivity contribution in [3.63, 3.8) is 0 Å². The van der Waals surface area contributed by atoms with Crippen LogP contribution in [-0.4, -0.2) is 15.7 Å². The number of amides is 1. The molecule has 0 aliphatic rings. The highest BCUT2D eigenvalue weighted by atomic mass is 35.5. The lowest BCUT2D eigenvalue weighted by Gasteiger charge is -2.10. The van der Waals surface area contributed by atoms with Crippen LogP contribution in [0.2, 0.25) is 5.02 Å². The van der Waals surface area contributed by atoms with Crippen LogP contribution >= 0.6 is 11.6 Å². The van der Waals surface area contributed by atoms with E-state index in [9.17, 15) is 9.59 Å². The Bertz CT molecular complexity index is 1240. The van der Waals surface area contributed by atoms with Gasteiger partial charge in [0.2, 0.25) is 5.91 Å². The fourth-order valence-electron chi connectivity index (χ4n) is 2.90. The van der Waals surface area contributed by atoms with Crippen molar-refractivity contribution >= 4 is 23.2 Å². The largest absolute Gasteiger partial charge is 0.457 e. The number of carbonyl (C=O) groups is 1. The summed E-state index contributed by atoms with van der Waals surface area (Å²) >= 11 is 5.92. The number of nitrogens with one attached hydrogen (secondary N) is 1. The molecule has 0 atom stereocenters. The summed E-state index contributed by atoms with van der Waals surface area (Å²) < 4.78 is 6.87. The molecule has 31 heavy (non-hydrogen) atoms. The Morgan fingerprint density at radius 3 is 2.26 bits per heavy atom. The molecular weight excluding hydrogens is 414 g/mol. The van der Waals surface area contributed by atoms with Gasteiger partial charge in [0.1, 0.15) is 18.0 Å². The number of aromatic nitrogens is 2. The Hall–Kier alpha value is -3.90. The number of nitrogens with zero attached hydrogens (tertiary/aromatic N) is 2.